The summed E-state index contributed by atoms with van der Waals surface area (Å²) in [6.07, 6.45) is -2.78. The molecular weight excluding hydrogens is 240 g/mol. The van der Waals surface area contributed by atoms with Crippen LogP contribution in [0.2, 0.25) is 0 Å². The van der Waals surface area contributed by atoms with E-state index in [1.807, 2.05) is 0 Å². The van der Waals surface area contributed by atoms with E-state index in [9.17, 15) is 22.4 Å². The summed E-state index contributed by atoms with van der Waals surface area (Å²) in [7, 11) is 1.11. The summed E-state index contributed by atoms with van der Waals surface area (Å²) in [6.45, 7) is 0. The minimum atomic E-state index is -4.55. The molecule has 0 amide bonds. The van der Waals surface area contributed by atoms with Gasteiger partial charge in [0.2, 0.25) is 0 Å². The Kier molecular flexibility index (Phi) is 3.88. The first kappa shape index (κ1) is 13.2. The summed E-state index contributed by atoms with van der Waals surface area (Å²) in [5.74, 6) is -1.63. The molecule has 0 atom stereocenters. The molecule has 0 aliphatic heterocycles. The van der Waals surface area contributed by atoms with Crippen LogP contribution >= 0.6 is 0 Å². The first-order valence-corrected chi connectivity index (χ1v) is 4.47. The van der Waals surface area contributed by atoms with Crippen molar-refractivity contribution in [2.75, 3.05) is 7.11 Å². The Bertz CT molecular complexity index is 449. The lowest BCUT2D eigenvalue weighted by Crippen LogP contribution is -2.05. The van der Waals surface area contributed by atoms with Crippen molar-refractivity contribution in [2.45, 2.75) is 6.18 Å². The van der Waals surface area contributed by atoms with Gasteiger partial charge in [0, 0.05) is 11.6 Å². The van der Waals surface area contributed by atoms with Gasteiger partial charge in [0.05, 0.1) is 12.7 Å². The largest absolute Gasteiger partial charge is 0.466 e. The third-order valence-corrected chi connectivity index (χ3v) is 1.92. The van der Waals surface area contributed by atoms with Gasteiger partial charge in [-0.25, -0.2) is 9.18 Å². The van der Waals surface area contributed by atoms with E-state index in [4.69, 9.17) is 0 Å². The molecule has 0 aliphatic carbocycles. The summed E-state index contributed by atoms with van der Waals surface area (Å²) in [4.78, 5) is 10.7. The number of carbonyl (C=O) groups excluding carboxylic acids is 1. The third-order valence-electron chi connectivity index (χ3n) is 1.92. The number of halogens is 4. The van der Waals surface area contributed by atoms with Crippen molar-refractivity contribution < 1.29 is 27.1 Å². The molecule has 0 N–H and O–H groups in total. The number of esters is 1. The second-order valence-corrected chi connectivity index (χ2v) is 3.09. The molecule has 1 rings (SSSR count). The highest BCUT2D eigenvalue weighted by atomic mass is 19.4. The summed E-state index contributed by atoms with van der Waals surface area (Å²) >= 11 is 0. The van der Waals surface area contributed by atoms with Crippen LogP contribution in [0.15, 0.2) is 24.3 Å². The van der Waals surface area contributed by atoms with Gasteiger partial charge in [-0.05, 0) is 24.3 Å². The van der Waals surface area contributed by atoms with Crippen molar-refractivity contribution in [2.24, 2.45) is 0 Å². The van der Waals surface area contributed by atoms with Gasteiger partial charge >= 0.3 is 12.1 Å². The van der Waals surface area contributed by atoms with Crippen LogP contribution in [0.5, 0.6) is 0 Å². The van der Waals surface area contributed by atoms with Crippen LogP contribution in [0, 0.1) is 5.82 Å². The topological polar surface area (TPSA) is 26.3 Å². The Morgan fingerprint density at radius 3 is 2.53 bits per heavy atom. The van der Waals surface area contributed by atoms with Crippen LogP contribution in [-0.2, 0) is 15.7 Å². The zero-order valence-corrected chi connectivity index (χ0v) is 8.72. The Hall–Kier alpha value is -1.85. The summed E-state index contributed by atoms with van der Waals surface area (Å²) in [5.41, 5.74) is -1.31. The number of benzene rings is 1. The number of ether oxygens (including phenoxy) is 1. The number of carbonyl (C=O) groups is 1. The molecule has 0 bridgehead atoms. The molecule has 0 saturated heterocycles. The fourth-order valence-electron chi connectivity index (χ4n) is 1.07. The molecule has 17 heavy (non-hydrogen) atoms. The Morgan fingerprint density at radius 1 is 1.35 bits per heavy atom. The summed E-state index contributed by atoms with van der Waals surface area (Å²) < 4.78 is 54.4. The maximum atomic E-state index is 13.1. The van der Waals surface area contributed by atoms with Gasteiger partial charge in [0.1, 0.15) is 5.82 Å². The minimum Gasteiger partial charge on any atom is -0.466 e. The number of rotatable bonds is 2. The van der Waals surface area contributed by atoms with E-state index in [-0.39, 0.29) is 5.56 Å². The minimum absolute atomic E-state index is 0.328. The molecule has 0 radical (unpaired) electrons. The lowest BCUT2D eigenvalue weighted by Gasteiger charge is -2.07. The average Bonchev–Trinajstić information content (AvgIpc) is 2.26. The molecule has 92 valence electrons. The number of methoxy groups -OCH3 is 1. The summed E-state index contributed by atoms with van der Waals surface area (Å²) in [6, 6.07) is 1.94. The van der Waals surface area contributed by atoms with Crippen molar-refractivity contribution in [1.29, 1.82) is 0 Å². The van der Waals surface area contributed by atoms with Crippen LogP contribution in [0.4, 0.5) is 17.6 Å². The maximum absolute atomic E-state index is 13.1. The highest BCUT2D eigenvalue weighted by molar-refractivity contribution is 5.86. The lowest BCUT2D eigenvalue weighted by atomic mass is 10.1. The average molecular weight is 248 g/mol. The van der Waals surface area contributed by atoms with Crippen molar-refractivity contribution in [3.8, 4) is 0 Å². The van der Waals surface area contributed by atoms with E-state index in [1.165, 1.54) is 0 Å². The van der Waals surface area contributed by atoms with Gasteiger partial charge in [-0.15, -0.1) is 0 Å². The van der Waals surface area contributed by atoms with E-state index in [2.05, 4.69) is 4.74 Å². The molecule has 0 heterocycles. The third kappa shape index (κ3) is 3.58. The smallest absolute Gasteiger partial charge is 0.416 e. The Balaban J connectivity index is 3.07. The van der Waals surface area contributed by atoms with E-state index in [1.54, 1.807) is 0 Å². The monoisotopic (exact) mass is 248 g/mol. The molecule has 0 spiro atoms. The van der Waals surface area contributed by atoms with Crippen LogP contribution in [0.25, 0.3) is 6.08 Å². The molecule has 0 aliphatic rings. The number of hydrogen-bond donors (Lipinski definition) is 0. The zero-order chi connectivity index (χ0) is 13.1. The standard InChI is InChI=1S/C11H8F4O2/c1-17-10(16)5-2-7-6-8(11(13,14)15)3-4-9(7)12/h2-6H,1H3. The molecular formula is C11H8F4O2. The second-order valence-electron chi connectivity index (χ2n) is 3.09. The van der Waals surface area contributed by atoms with E-state index < -0.39 is 23.5 Å². The van der Waals surface area contributed by atoms with E-state index in [0.29, 0.717) is 18.2 Å². The molecule has 0 saturated carbocycles. The predicted molar refractivity (Wildman–Crippen MR) is 52.5 cm³/mol. The van der Waals surface area contributed by atoms with Gasteiger partial charge in [-0.1, -0.05) is 0 Å². The van der Waals surface area contributed by atoms with Crippen LogP contribution in [-0.4, -0.2) is 13.1 Å². The Labute approximate surface area is 94.5 Å². The van der Waals surface area contributed by atoms with E-state index >= 15 is 0 Å². The first-order chi connectivity index (χ1) is 7.84. The normalized spacial score (nSPS) is 11.8. The summed E-state index contributed by atoms with van der Waals surface area (Å²) in [5, 5.41) is 0. The quantitative estimate of drug-likeness (QED) is 0.457. The lowest BCUT2D eigenvalue weighted by molar-refractivity contribution is -0.137. The van der Waals surface area contributed by atoms with Crippen molar-refractivity contribution in [3.63, 3.8) is 0 Å². The number of alkyl halides is 3. The predicted octanol–water partition coefficient (Wildman–Crippen LogP) is 3.03. The maximum Gasteiger partial charge on any atom is 0.416 e. The molecule has 1 aromatic carbocycles. The highest BCUT2D eigenvalue weighted by Crippen LogP contribution is 2.30. The van der Waals surface area contributed by atoms with Gasteiger partial charge in [-0.2, -0.15) is 13.2 Å². The second kappa shape index (κ2) is 4.99. The fraction of sp³-hybridized carbons (Fsp3) is 0.182. The van der Waals surface area contributed by atoms with Gasteiger partial charge in [0.25, 0.3) is 0 Å². The fourth-order valence-corrected chi connectivity index (χ4v) is 1.07. The molecule has 0 fully saturated rings. The molecule has 2 nitrogen and oxygen atoms in total. The molecule has 1 aromatic rings. The Morgan fingerprint density at radius 2 is 2.00 bits per heavy atom. The highest BCUT2D eigenvalue weighted by Gasteiger charge is 2.30. The van der Waals surface area contributed by atoms with Crippen molar-refractivity contribution in [1.82, 2.24) is 0 Å². The van der Waals surface area contributed by atoms with E-state index in [0.717, 1.165) is 19.3 Å². The number of hydrogen-bond acceptors (Lipinski definition) is 2. The van der Waals surface area contributed by atoms with Crippen LogP contribution in [0.3, 0.4) is 0 Å². The molecule has 0 unspecified atom stereocenters. The molecule has 6 heteroatoms. The van der Waals surface area contributed by atoms with Crippen LogP contribution < -0.4 is 0 Å². The SMILES string of the molecule is COC(=O)C=Cc1cc(C(F)(F)F)ccc1F. The van der Waals surface area contributed by atoms with Crippen molar-refractivity contribution in [3.05, 3.63) is 41.2 Å². The van der Waals surface area contributed by atoms with Gasteiger partial charge in [0.15, 0.2) is 0 Å². The zero-order valence-electron chi connectivity index (χ0n) is 8.72. The van der Waals surface area contributed by atoms with Gasteiger partial charge < -0.3 is 4.74 Å². The van der Waals surface area contributed by atoms with Crippen molar-refractivity contribution >= 4 is 12.0 Å². The van der Waals surface area contributed by atoms with Gasteiger partial charge in [-0.3, -0.25) is 0 Å². The van der Waals surface area contributed by atoms with Crippen LogP contribution in [0.1, 0.15) is 11.1 Å². The molecule has 0 aromatic heterocycles. The first-order valence-electron chi connectivity index (χ1n) is 4.47.